The number of nitrogens with one attached hydrogen (secondary N) is 1. The molecule has 1 fully saturated rings. The van der Waals surface area contributed by atoms with E-state index in [9.17, 15) is 4.79 Å². The molecular formula is C19H25N7O. The standard InChI is InChI=1S/C19H25N7O/c1-12-13(2)21-11-22-17(12)26-9-6-15-14(10-26)16(24-19(20-3)23-15)18(27)25-7-4-5-8-25/h11H,4-10H2,1-3H3,(H,20,23,24). The molecule has 1 saturated heterocycles. The Balaban J connectivity index is 1.73. The highest BCUT2D eigenvalue weighted by Gasteiger charge is 2.30. The number of carbonyl (C=O) groups excluding carboxylic acids is 1. The first kappa shape index (κ1) is 17.6. The number of anilines is 2. The summed E-state index contributed by atoms with van der Waals surface area (Å²) in [6, 6.07) is 0. The van der Waals surface area contributed by atoms with Crippen molar-refractivity contribution in [2.45, 2.75) is 39.7 Å². The molecule has 27 heavy (non-hydrogen) atoms. The third-order valence-electron chi connectivity index (χ3n) is 5.49. The number of hydrogen-bond acceptors (Lipinski definition) is 7. The molecule has 1 amide bonds. The van der Waals surface area contributed by atoms with Crippen LogP contribution in [0.4, 0.5) is 11.8 Å². The molecule has 0 saturated carbocycles. The van der Waals surface area contributed by atoms with Gasteiger partial charge in [-0.3, -0.25) is 4.79 Å². The van der Waals surface area contributed by atoms with Crippen molar-refractivity contribution in [1.82, 2.24) is 24.8 Å². The van der Waals surface area contributed by atoms with Gasteiger partial charge in [0.25, 0.3) is 5.91 Å². The fourth-order valence-electron chi connectivity index (χ4n) is 3.80. The Morgan fingerprint density at radius 1 is 1.11 bits per heavy atom. The van der Waals surface area contributed by atoms with Crippen LogP contribution in [0.3, 0.4) is 0 Å². The number of carbonyl (C=O) groups is 1. The zero-order chi connectivity index (χ0) is 19.0. The molecule has 1 N–H and O–H groups in total. The van der Waals surface area contributed by atoms with Crippen LogP contribution >= 0.6 is 0 Å². The summed E-state index contributed by atoms with van der Waals surface area (Å²) in [6.45, 7) is 7.04. The molecule has 0 bridgehead atoms. The highest BCUT2D eigenvalue weighted by atomic mass is 16.2. The lowest BCUT2D eigenvalue weighted by molar-refractivity contribution is 0.0785. The smallest absolute Gasteiger partial charge is 0.273 e. The summed E-state index contributed by atoms with van der Waals surface area (Å²) in [5.74, 6) is 1.45. The van der Waals surface area contributed by atoms with Gasteiger partial charge in [0.2, 0.25) is 5.95 Å². The molecule has 0 radical (unpaired) electrons. The van der Waals surface area contributed by atoms with E-state index in [-0.39, 0.29) is 5.91 Å². The third kappa shape index (κ3) is 3.20. The van der Waals surface area contributed by atoms with Crippen molar-refractivity contribution >= 4 is 17.7 Å². The van der Waals surface area contributed by atoms with Crippen molar-refractivity contribution < 1.29 is 4.79 Å². The van der Waals surface area contributed by atoms with Gasteiger partial charge in [0, 0.05) is 56.5 Å². The van der Waals surface area contributed by atoms with E-state index in [0.717, 1.165) is 67.2 Å². The quantitative estimate of drug-likeness (QED) is 0.884. The summed E-state index contributed by atoms with van der Waals surface area (Å²) in [6.07, 6.45) is 4.48. The molecule has 142 valence electrons. The summed E-state index contributed by atoms with van der Waals surface area (Å²) < 4.78 is 0. The van der Waals surface area contributed by atoms with Gasteiger partial charge < -0.3 is 15.1 Å². The molecule has 4 heterocycles. The summed E-state index contributed by atoms with van der Waals surface area (Å²) in [7, 11) is 1.79. The van der Waals surface area contributed by atoms with E-state index in [1.807, 2.05) is 18.7 Å². The van der Waals surface area contributed by atoms with E-state index in [1.54, 1.807) is 13.4 Å². The lowest BCUT2D eigenvalue weighted by Gasteiger charge is -2.31. The number of aromatic nitrogens is 4. The van der Waals surface area contributed by atoms with Crippen LogP contribution in [0.1, 0.15) is 45.8 Å². The van der Waals surface area contributed by atoms with E-state index in [2.05, 4.69) is 30.2 Å². The van der Waals surface area contributed by atoms with Crippen LogP contribution in [0.25, 0.3) is 0 Å². The molecule has 0 spiro atoms. The maximum absolute atomic E-state index is 13.1. The van der Waals surface area contributed by atoms with Gasteiger partial charge in [-0.2, -0.15) is 0 Å². The summed E-state index contributed by atoms with van der Waals surface area (Å²) in [4.78, 5) is 35.1. The van der Waals surface area contributed by atoms with Gasteiger partial charge in [-0.1, -0.05) is 0 Å². The van der Waals surface area contributed by atoms with Gasteiger partial charge in [-0.05, 0) is 26.7 Å². The molecule has 0 aromatic carbocycles. The molecule has 2 aromatic heterocycles. The summed E-state index contributed by atoms with van der Waals surface area (Å²) >= 11 is 0. The highest BCUT2D eigenvalue weighted by Crippen LogP contribution is 2.28. The second kappa shape index (κ2) is 7.09. The van der Waals surface area contributed by atoms with E-state index < -0.39 is 0 Å². The highest BCUT2D eigenvalue weighted by molar-refractivity contribution is 5.94. The Hall–Kier alpha value is -2.77. The normalized spacial score (nSPS) is 16.4. The number of fused-ring (bicyclic) bond motifs is 1. The topological polar surface area (TPSA) is 87.1 Å². The number of amides is 1. The van der Waals surface area contributed by atoms with E-state index >= 15 is 0 Å². The van der Waals surface area contributed by atoms with E-state index in [4.69, 9.17) is 0 Å². The molecule has 0 aliphatic carbocycles. The zero-order valence-corrected chi connectivity index (χ0v) is 16.1. The van der Waals surface area contributed by atoms with Crippen LogP contribution in [-0.2, 0) is 13.0 Å². The average molecular weight is 367 g/mol. The molecule has 8 heteroatoms. The largest absolute Gasteiger partial charge is 0.357 e. The number of aryl methyl sites for hydroxylation is 1. The molecule has 2 aliphatic rings. The van der Waals surface area contributed by atoms with E-state index in [1.165, 1.54) is 0 Å². The van der Waals surface area contributed by atoms with Gasteiger partial charge in [0.15, 0.2) is 0 Å². The average Bonchev–Trinajstić information content (AvgIpc) is 3.23. The number of likely N-dealkylation sites (tertiary alicyclic amines) is 1. The maximum Gasteiger partial charge on any atom is 0.273 e. The minimum atomic E-state index is 0.0140. The second-order valence-electron chi connectivity index (χ2n) is 7.15. The zero-order valence-electron chi connectivity index (χ0n) is 16.1. The van der Waals surface area contributed by atoms with Crippen LogP contribution < -0.4 is 10.2 Å². The summed E-state index contributed by atoms with van der Waals surface area (Å²) in [5.41, 5.74) is 4.45. The first-order valence-corrected chi connectivity index (χ1v) is 9.48. The minimum Gasteiger partial charge on any atom is -0.357 e. The molecule has 0 unspecified atom stereocenters. The van der Waals surface area contributed by atoms with Crippen molar-refractivity contribution in [1.29, 1.82) is 0 Å². The molecule has 2 aromatic rings. The maximum atomic E-state index is 13.1. The van der Waals surface area contributed by atoms with Crippen LogP contribution in [0, 0.1) is 13.8 Å². The number of rotatable bonds is 3. The Morgan fingerprint density at radius 3 is 2.63 bits per heavy atom. The number of hydrogen-bond donors (Lipinski definition) is 1. The van der Waals surface area contributed by atoms with Gasteiger partial charge in [-0.15, -0.1) is 0 Å². The Bertz CT molecular complexity index is 877. The molecule has 0 atom stereocenters. The van der Waals surface area contributed by atoms with Crippen LogP contribution in [0.15, 0.2) is 6.33 Å². The van der Waals surface area contributed by atoms with Crippen LogP contribution in [0.5, 0.6) is 0 Å². The first-order chi connectivity index (χ1) is 13.1. The predicted molar refractivity (Wildman–Crippen MR) is 103 cm³/mol. The van der Waals surface area contributed by atoms with Crippen molar-refractivity contribution in [3.05, 3.63) is 34.5 Å². The minimum absolute atomic E-state index is 0.0140. The molecule has 8 nitrogen and oxygen atoms in total. The Kier molecular flexibility index (Phi) is 4.63. The van der Waals surface area contributed by atoms with Gasteiger partial charge in [-0.25, -0.2) is 19.9 Å². The van der Waals surface area contributed by atoms with Gasteiger partial charge in [0.05, 0.1) is 5.69 Å². The molecular weight excluding hydrogens is 342 g/mol. The van der Waals surface area contributed by atoms with Crippen LogP contribution in [0.2, 0.25) is 0 Å². The predicted octanol–water partition coefficient (Wildman–Crippen LogP) is 1.72. The SMILES string of the molecule is CNc1nc2c(c(C(=O)N3CCCC3)n1)CN(c1ncnc(C)c1C)CC2. The Labute approximate surface area is 159 Å². The number of nitrogens with zero attached hydrogens (tertiary/aromatic N) is 6. The van der Waals surface area contributed by atoms with Crippen molar-refractivity contribution in [3.8, 4) is 0 Å². The fourth-order valence-corrected chi connectivity index (χ4v) is 3.80. The fraction of sp³-hybridized carbons (Fsp3) is 0.526. The first-order valence-electron chi connectivity index (χ1n) is 9.48. The third-order valence-corrected chi connectivity index (χ3v) is 5.49. The lowest BCUT2D eigenvalue weighted by Crippen LogP contribution is -2.36. The van der Waals surface area contributed by atoms with Crippen molar-refractivity contribution in [2.75, 3.05) is 36.9 Å². The Morgan fingerprint density at radius 2 is 1.89 bits per heavy atom. The monoisotopic (exact) mass is 367 g/mol. The van der Waals surface area contributed by atoms with E-state index in [0.29, 0.717) is 18.2 Å². The lowest BCUT2D eigenvalue weighted by atomic mass is 10.0. The van der Waals surface area contributed by atoms with Crippen molar-refractivity contribution in [3.63, 3.8) is 0 Å². The van der Waals surface area contributed by atoms with Gasteiger partial charge in [0.1, 0.15) is 17.8 Å². The van der Waals surface area contributed by atoms with Crippen LogP contribution in [-0.4, -0.2) is 57.4 Å². The summed E-state index contributed by atoms with van der Waals surface area (Å²) in [5, 5.41) is 3.00. The van der Waals surface area contributed by atoms with Crippen molar-refractivity contribution in [2.24, 2.45) is 0 Å². The molecule has 4 rings (SSSR count). The second-order valence-corrected chi connectivity index (χ2v) is 7.15. The van der Waals surface area contributed by atoms with Gasteiger partial charge >= 0.3 is 0 Å². The molecule has 2 aliphatic heterocycles.